The minimum atomic E-state index is 0.636. The molecule has 2 rings (SSSR count). The summed E-state index contributed by atoms with van der Waals surface area (Å²) in [7, 11) is 0. The van der Waals surface area contributed by atoms with E-state index in [1.54, 1.807) is 6.20 Å². The normalized spacial score (nSPS) is 10.1. The number of hydrogen-bond donors (Lipinski definition) is 0. The van der Waals surface area contributed by atoms with Crippen molar-refractivity contribution < 1.29 is 0 Å². The van der Waals surface area contributed by atoms with Gasteiger partial charge in [0.2, 0.25) is 0 Å². The summed E-state index contributed by atoms with van der Waals surface area (Å²) in [5.74, 6) is 0. The lowest BCUT2D eigenvalue weighted by atomic mass is 10.1. The topological polar surface area (TPSA) is 12.9 Å². The van der Waals surface area contributed by atoms with Crippen molar-refractivity contribution in [3.63, 3.8) is 0 Å². The number of benzene rings is 1. The third-order valence-electron chi connectivity index (χ3n) is 1.86. The molecule has 0 radical (unpaired) electrons. The zero-order valence-electron chi connectivity index (χ0n) is 7.24. The van der Waals surface area contributed by atoms with Gasteiger partial charge in [0.05, 0.1) is 10.7 Å². The van der Waals surface area contributed by atoms with Crippen LogP contribution in [0, 0.1) is 0 Å². The average molecular weight is 269 g/mol. The fraction of sp³-hybridized carbons (Fsp3) is 0. The largest absolute Gasteiger partial charge is 0.254 e. The Bertz CT molecular complexity index is 442. The summed E-state index contributed by atoms with van der Waals surface area (Å²) in [5.41, 5.74) is 1.99. The van der Waals surface area contributed by atoms with Crippen molar-refractivity contribution in [2.75, 3.05) is 0 Å². The standard InChI is InChI=1S/C11H7BrClN/c12-10-6-9(13)7-14-11(10)8-4-2-1-3-5-8/h1-7H. The second kappa shape index (κ2) is 4.11. The molecule has 0 aliphatic heterocycles. The molecule has 0 saturated carbocycles. The van der Waals surface area contributed by atoms with Gasteiger partial charge < -0.3 is 0 Å². The average Bonchev–Trinajstić information content (AvgIpc) is 2.19. The number of nitrogens with zero attached hydrogens (tertiary/aromatic N) is 1. The monoisotopic (exact) mass is 267 g/mol. The van der Waals surface area contributed by atoms with Crippen LogP contribution in [-0.2, 0) is 0 Å². The third-order valence-corrected chi connectivity index (χ3v) is 2.67. The Morgan fingerprint density at radius 2 is 1.86 bits per heavy atom. The fourth-order valence-electron chi connectivity index (χ4n) is 1.22. The van der Waals surface area contributed by atoms with E-state index in [0.29, 0.717) is 5.02 Å². The van der Waals surface area contributed by atoms with E-state index in [-0.39, 0.29) is 0 Å². The van der Waals surface area contributed by atoms with Crippen LogP contribution >= 0.6 is 27.5 Å². The quantitative estimate of drug-likeness (QED) is 0.756. The first-order valence-corrected chi connectivity index (χ1v) is 5.31. The molecule has 70 valence electrons. The summed E-state index contributed by atoms with van der Waals surface area (Å²) in [6, 6.07) is 11.8. The lowest BCUT2D eigenvalue weighted by Crippen LogP contribution is -1.84. The maximum atomic E-state index is 5.81. The highest BCUT2D eigenvalue weighted by Crippen LogP contribution is 2.27. The molecule has 14 heavy (non-hydrogen) atoms. The highest BCUT2D eigenvalue weighted by molar-refractivity contribution is 9.10. The van der Waals surface area contributed by atoms with Crippen LogP contribution in [0.15, 0.2) is 47.1 Å². The molecule has 1 aromatic heterocycles. The molecular weight excluding hydrogens is 261 g/mol. The van der Waals surface area contributed by atoms with E-state index >= 15 is 0 Å². The van der Waals surface area contributed by atoms with Crippen molar-refractivity contribution >= 4 is 27.5 Å². The molecule has 0 amide bonds. The van der Waals surface area contributed by atoms with Crippen molar-refractivity contribution in [1.29, 1.82) is 0 Å². The molecule has 0 spiro atoms. The van der Waals surface area contributed by atoms with Crippen LogP contribution in [0.25, 0.3) is 11.3 Å². The number of pyridine rings is 1. The highest BCUT2D eigenvalue weighted by Gasteiger charge is 2.03. The van der Waals surface area contributed by atoms with E-state index in [2.05, 4.69) is 20.9 Å². The van der Waals surface area contributed by atoms with Gasteiger partial charge in [0.25, 0.3) is 0 Å². The summed E-state index contributed by atoms with van der Waals surface area (Å²) < 4.78 is 0.913. The Kier molecular flexibility index (Phi) is 2.85. The van der Waals surface area contributed by atoms with E-state index in [9.17, 15) is 0 Å². The van der Waals surface area contributed by atoms with Crippen LogP contribution < -0.4 is 0 Å². The molecule has 1 nitrogen and oxygen atoms in total. The van der Waals surface area contributed by atoms with Crippen molar-refractivity contribution in [1.82, 2.24) is 4.98 Å². The summed E-state index contributed by atoms with van der Waals surface area (Å²) >= 11 is 9.25. The van der Waals surface area contributed by atoms with Gasteiger partial charge in [-0.2, -0.15) is 0 Å². The second-order valence-electron chi connectivity index (χ2n) is 2.85. The Labute approximate surface area is 95.9 Å². The van der Waals surface area contributed by atoms with Crippen LogP contribution in [0.5, 0.6) is 0 Å². The zero-order valence-corrected chi connectivity index (χ0v) is 9.59. The van der Waals surface area contributed by atoms with Gasteiger partial charge in [0.1, 0.15) is 0 Å². The molecule has 0 unspecified atom stereocenters. The van der Waals surface area contributed by atoms with Crippen molar-refractivity contribution in [3.8, 4) is 11.3 Å². The first-order chi connectivity index (χ1) is 6.77. The molecular formula is C11H7BrClN. The number of rotatable bonds is 1. The van der Waals surface area contributed by atoms with Gasteiger partial charge in [0.15, 0.2) is 0 Å². The first-order valence-electron chi connectivity index (χ1n) is 4.14. The Hall–Kier alpha value is -0.860. The maximum Gasteiger partial charge on any atom is 0.0845 e. The molecule has 0 aliphatic carbocycles. The second-order valence-corrected chi connectivity index (χ2v) is 4.14. The van der Waals surface area contributed by atoms with Gasteiger partial charge in [-0.1, -0.05) is 41.9 Å². The van der Waals surface area contributed by atoms with Crippen molar-refractivity contribution in [2.24, 2.45) is 0 Å². The Morgan fingerprint density at radius 3 is 2.50 bits per heavy atom. The van der Waals surface area contributed by atoms with E-state index in [0.717, 1.165) is 15.7 Å². The molecule has 0 aliphatic rings. The van der Waals surface area contributed by atoms with Crippen LogP contribution in [0.2, 0.25) is 5.02 Å². The number of halogens is 2. The molecule has 1 aromatic carbocycles. The van der Waals surface area contributed by atoms with E-state index in [1.807, 2.05) is 36.4 Å². The van der Waals surface area contributed by atoms with Crippen molar-refractivity contribution in [2.45, 2.75) is 0 Å². The molecule has 0 N–H and O–H groups in total. The summed E-state index contributed by atoms with van der Waals surface area (Å²) in [4.78, 5) is 4.27. The van der Waals surface area contributed by atoms with Crippen LogP contribution in [-0.4, -0.2) is 4.98 Å². The van der Waals surface area contributed by atoms with Gasteiger partial charge in [0, 0.05) is 16.2 Å². The minimum Gasteiger partial charge on any atom is -0.254 e. The Morgan fingerprint density at radius 1 is 1.14 bits per heavy atom. The summed E-state index contributed by atoms with van der Waals surface area (Å²) in [6.45, 7) is 0. The zero-order chi connectivity index (χ0) is 9.97. The molecule has 0 saturated heterocycles. The van der Waals surface area contributed by atoms with Crippen LogP contribution in [0.4, 0.5) is 0 Å². The van der Waals surface area contributed by atoms with Gasteiger partial charge in [-0.15, -0.1) is 0 Å². The third kappa shape index (κ3) is 1.97. The van der Waals surface area contributed by atoms with Gasteiger partial charge in [-0.05, 0) is 22.0 Å². The predicted molar refractivity (Wildman–Crippen MR) is 62.4 cm³/mol. The van der Waals surface area contributed by atoms with E-state index < -0.39 is 0 Å². The van der Waals surface area contributed by atoms with Gasteiger partial charge in [-0.25, -0.2) is 0 Å². The smallest absolute Gasteiger partial charge is 0.0845 e. The highest BCUT2D eigenvalue weighted by atomic mass is 79.9. The number of hydrogen-bond acceptors (Lipinski definition) is 1. The molecule has 3 heteroatoms. The molecule has 0 fully saturated rings. The lowest BCUT2D eigenvalue weighted by Gasteiger charge is -2.03. The predicted octanol–water partition coefficient (Wildman–Crippen LogP) is 4.16. The van der Waals surface area contributed by atoms with E-state index in [1.165, 1.54) is 0 Å². The molecule has 0 bridgehead atoms. The fourth-order valence-corrected chi connectivity index (χ4v) is 2.09. The molecule has 2 aromatic rings. The lowest BCUT2D eigenvalue weighted by molar-refractivity contribution is 1.31. The Balaban J connectivity index is 2.53. The first kappa shape index (κ1) is 9.69. The van der Waals surface area contributed by atoms with Crippen LogP contribution in [0.1, 0.15) is 0 Å². The van der Waals surface area contributed by atoms with Crippen LogP contribution in [0.3, 0.4) is 0 Å². The molecule has 0 atom stereocenters. The van der Waals surface area contributed by atoms with Gasteiger partial charge in [-0.3, -0.25) is 4.98 Å². The number of aromatic nitrogens is 1. The SMILES string of the molecule is Clc1cnc(-c2ccccc2)c(Br)c1. The summed E-state index contributed by atoms with van der Waals surface area (Å²) in [6.07, 6.45) is 1.65. The van der Waals surface area contributed by atoms with E-state index in [4.69, 9.17) is 11.6 Å². The maximum absolute atomic E-state index is 5.81. The van der Waals surface area contributed by atoms with Crippen molar-refractivity contribution in [3.05, 3.63) is 52.1 Å². The molecule has 1 heterocycles. The van der Waals surface area contributed by atoms with Gasteiger partial charge >= 0.3 is 0 Å². The summed E-state index contributed by atoms with van der Waals surface area (Å²) in [5, 5.41) is 0.636. The minimum absolute atomic E-state index is 0.636.